The Hall–Kier alpha value is -3.23. The molecule has 2 atom stereocenters. The zero-order chi connectivity index (χ0) is 19.9. The summed E-state index contributed by atoms with van der Waals surface area (Å²) in [5.41, 5.74) is -0.0132. The summed E-state index contributed by atoms with van der Waals surface area (Å²) in [7, 11) is 0. The highest BCUT2D eigenvalue weighted by atomic mass is 19.4. The van der Waals surface area contributed by atoms with E-state index in [0.717, 1.165) is 12.1 Å². The molecule has 0 saturated heterocycles. The SMILES string of the molecule is O=C(Nc1ccc(C(F)(F)F)cc1)C1CC1C(=O)Nc1ccc2c(c1)OCO2. The van der Waals surface area contributed by atoms with Crippen molar-refractivity contribution >= 4 is 23.2 Å². The van der Waals surface area contributed by atoms with Gasteiger partial charge in [-0.25, -0.2) is 0 Å². The van der Waals surface area contributed by atoms with Crippen molar-refractivity contribution in [3.8, 4) is 11.5 Å². The predicted octanol–water partition coefficient (Wildman–Crippen LogP) is 3.65. The Labute approximate surface area is 157 Å². The number of hydrogen-bond donors (Lipinski definition) is 2. The van der Waals surface area contributed by atoms with Crippen LogP contribution in [0.4, 0.5) is 24.5 Å². The van der Waals surface area contributed by atoms with Crippen LogP contribution in [-0.4, -0.2) is 18.6 Å². The first-order chi connectivity index (χ1) is 13.3. The number of amides is 2. The third-order valence-electron chi connectivity index (χ3n) is 4.58. The number of hydrogen-bond acceptors (Lipinski definition) is 4. The summed E-state index contributed by atoms with van der Waals surface area (Å²) in [6.45, 7) is 0.127. The molecule has 6 nitrogen and oxygen atoms in total. The third-order valence-corrected chi connectivity index (χ3v) is 4.58. The molecule has 2 aromatic rings. The molecular weight excluding hydrogens is 377 g/mol. The lowest BCUT2D eigenvalue weighted by molar-refractivity contribution is -0.137. The molecule has 2 aromatic carbocycles. The highest BCUT2D eigenvalue weighted by Crippen LogP contribution is 2.41. The molecule has 28 heavy (non-hydrogen) atoms. The van der Waals surface area contributed by atoms with E-state index in [9.17, 15) is 22.8 Å². The molecule has 4 rings (SSSR count). The summed E-state index contributed by atoms with van der Waals surface area (Å²) < 4.78 is 48.1. The van der Waals surface area contributed by atoms with Gasteiger partial charge in [-0.15, -0.1) is 0 Å². The molecule has 1 heterocycles. The van der Waals surface area contributed by atoms with E-state index < -0.39 is 29.5 Å². The van der Waals surface area contributed by atoms with Gasteiger partial charge in [0, 0.05) is 17.4 Å². The van der Waals surface area contributed by atoms with Gasteiger partial charge in [0.25, 0.3) is 0 Å². The van der Waals surface area contributed by atoms with Crippen LogP contribution >= 0.6 is 0 Å². The minimum Gasteiger partial charge on any atom is -0.454 e. The van der Waals surface area contributed by atoms with Gasteiger partial charge < -0.3 is 20.1 Å². The van der Waals surface area contributed by atoms with E-state index in [4.69, 9.17) is 9.47 Å². The Bertz CT molecular complexity index is 928. The Morgan fingerprint density at radius 2 is 1.43 bits per heavy atom. The lowest BCUT2D eigenvalue weighted by Crippen LogP contribution is -2.20. The second-order valence-electron chi connectivity index (χ2n) is 6.57. The number of halogens is 3. The second kappa shape index (κ2) is 6.74. The van der Waals surface area contributed by atoms with Crippen LogP contribution in [0, 0.1) is 11.8 Å². The van der Waals surface area contributed by atoms with Gasteiger partial charge in [-0.1, -0.05) is 0 Å². The number of nitrogens with one attached hydrogen (secondary N) is 2. The summed E-state index contributed by atoms with van der Waals surface area (Å²) in [5.74, 6) is -0.573. The Morgan fingerprint density at radius 3 is 2.07 bits per heavy atom. The van der Waals surface area contributed by atoms with Crippen molar-refractivity contribution in [2.75, 3.05) is 17.4 Å². The molecule has 2 N–H and O–H groups in total. The van der Waals surface area contributed by atoms with Gasteiger partial charge in [0.15, 0.2) is 11.5 Å². The number of carbonyl (C=O) groups is 2. The second-order valence-corrected chi connectivity index (χ2v) is 6.57. The van der Waals surface area contributed by atoms with Gasteiger partial charge in [0.1, 0.15) is 0 Å². The minimum atomic E-state index is -4.43. The Morgan fingerprint density at radius 1 is 0.857 bits per heavy atom. The van der Waals surface area contributed by atoms with E-state index in [2.05, 4.69) is 10.6 Å². The maximum atomic E-state index is 12.6. The molecule has 2 amide bonds. The van der Waals surface area contributed by atoms with Crippen molar-refractivity contribution < 1.29 is 32.2 Å². The topological polar surface area (TPSA) is 76.7 Å². The largest absolute Gasteiger partial charge is 0.454 e. The molecule has 0 aromatic heterocycles. The summed E-state index contributed by atoms with van der Waals surface area (Å²) in [6, 6.07) is 9.15. The first-order valence-corrected chi connectivity index (χ1v) is 8.50. The first-order valence-electron chi connectivity index (χ1n) is 8.50. The average molecular weight is 392 g/mol. The third kappa shape index (κ3) is 3.73. The number of anilines is 2. The Balaban J connectivity index is 1.32. The van der Waals surface area contributed by atoms with Gasteiger partial charge in [0.05, 0.1) is 17.4 Å². The van der Waals surface area contributed by atoms with E-state index in [1.165, 1.54) is 12.1 Å². The average Bonchev–Trinajstić information content (AvgIpc) is 3.32. The van der Waals surface area contributed by atoms with E-state index in [1.54, 1.807) is 18.2 Å². The van der Waals surface area contributed by atoms with E-state index >= 15 is 0 Å². The molecule has 1 saturated carbocycles. The number of rotatable bonds is 4. The highest BCUT2D eigenvalue weighted by molar-refractivity contribution is 6.03. The van der Waals surface area contributed by atoms with Crippen molar-refractivity contribution in [1.82, 2.24) is 0 Å². The van der Waals surface area contributed by atoms with Crippen LogP contribution in [0.5, 0.6) is 11.5 Å². The monoisotopic (exact) mass is 392 g/mol. The van der Waals surface area contributed by atoms with Crippen LogP contribution in [0.2, 0.25) is 0 Å². The van der Waals surface area contributed by atoms with Gasteiger partial charge in [-0.05, 0) is 42.8 Å². The van der Waals surface area contributed by atoms with E-state index in [1.807, 2.05) is 0 Å². The van der Waals surface area contributed by atoms with Crippen molar-refractivity contribution in [2.45, 2.75) is 12.6 Å². The molecule has 146 valence electrons. The van der Waals surface area contributed by atoms with Crippen LogP contribution in [0.1, 0.15) is 12.0 Å². The normalized spacial score (nSPS) is 19.8. The summed E-state index contributed by atoms with van der Waals surface area (Å²) >= 11 is 0. The van der Waals surface area contributed by atoms with E-state index in [-0.39, 0.29) is 18.4 Å². The van der Waals surface area contributed by atoms with Gasteiger partial charge in [-0.2, -0.15) is 13.2 Å². The number of carbonyl (C=O) groups excluding carboxylic acids is 2. The molecule has 2 unspecified atom stereocenters. The fourth-order valence-corrected chi connectivity index (χ4v) is 2.96. The van der Waals surface area contributed by atoms with Crippen LogP contribution in [0.15, 0.2) is 42.5 Å². The summed E-state index contributed by atoms with van der Waals surface area (Å²) in [4.78, 5) is 24.5. The van der Waals surface area contributed by atoms with Crippen LogP contribution in [-0.2, 0) is 15.8 Å². The van der Waals surface area contributed by atoms with Gasteiger partial charge in [0.2, 0.25) is 18.6 Å². The van der Waals surface area contributed by atoms with Gasteiger partial charge >= 0.3 is 6.18 Å². The first kappa shape index (κ1) is 18.1. The fraction of sp³-hybridized carbons (Fsp3) is 0.263. The number of alkyl halides is 3. The quantitative estimate of drug-likeness (QED) is 0.833. The molecule has 1 fully saturated rings. The number of fused-ring (bicyclic) bond motifs is 1. The molecule has 1 aliphatic carbocycles. The summed E-state index contributed by atoms with van der Waals surface area (Å²) in [6.07, 6.45) is -4.06. The molecule has 0 bridgehead atoms. The zero-order valence-corrected chi connectivity index (χ0v) is 14.4. The van der Waals surface area contributed by atoms with E-state index in [0.29, 0.717) is 23.6 Å². The van der Waals surface area contributed by atoms with Crippen LogP contribution in [0.3, 0.4) is 0 Å². The lowest BCUT2D eigenvalue weighted by atomic mass is 10.2. The molecule has 9 heteroatoms. The maximum absolute atomic E-state index is 12.6. The predicted molar refractivity (Wildman–Crippen MR) is 92.9 cm³/mol. The molecule has 0 spiro atoms. The van der Waals surface area contributed by atoms with Crippen molar-refractivity contribution in [3.63, 3.8) is 0 Å². The Kier molecular flexibility index (Phi) is 4.37. The van der Waals surface area contributed by atoms with Gasteiger partial charge in [-0.3, -0.25) is 9.59 Å². The summed E-state index contributed by atoms with van der Waals surface area (Å²) in [5, 5.41) is 5.27. The highest BCUT2D eigenvalue weighted by Gasteiger charge is 2.48. The van der Waals surface area contributed by atoms with Crippen LogP contribution in [0.25, 0.3) is 0 Å². The standard InChI is InChI=1S/C19H15F3N2O4/c20-19(21,22)10-1-3-11(4-2-10)23-17(25)13-8-14(13)18(26)24-12-5-6-15-16(7-12)28-9-27-15/h1-7,13-14H,8-9H2,(H,23,25)(H,24,26). The number of benzene rings is 2. The molecular formula is C19H15F3N2O4. The molecule has 1 aliphatic heterocycles. The van der Waals surface area contributed by atoms with Crippen LogP contribution < -0.4 is 20.1 Å². The maximum Gasteiger partial charge on any atom is 0.416 e. The lowest BCUT2D eigenvalue weighted by Gasteiger charge is -2.09. The van der Waals surface area contributed by atoms with Crippen molar-refractivity contribution in [1.29, 1.82) is 0 Å². The molecule has 2 aliphatic rings. The van der Waals surface area contributed by atoms with Crippen molar-refractivity contribution in [2.24, 2.45) is 11.8 Å². The number of ether oxygens (including phenoxy) is 2. The minimum absolute atomic E-state index is 0.127. The van der Waals surface area contributed by atoms with Crippen molar-refractivity contribution in [3.05, 3.63) is 48.0 Å². The zero-order valence-electron chi connectivity index (χ0n) is 14.4. The fourth-order valence-electron chi connectivity index (χ4n) is 2.96. The molecule has 0 radical (unpaired) electrons. The smallest absolute Gasteiger partial charge is 0.416 e.